The van der Waals surface area contributed by atoms with Crippen LogP contribution in [0.15, 0.2) is 36.4 Å². The molecule has 0 saturated carbocycles. The van der Waals surface area contributed by atoms with E-state index in [1.807, 2.05) is 0 Å². The standard InChI is InChI=1S/C18H17Cl4N5O2S/c1-2-30(28,29)27-18(24-10-12-15(21)7-4-8-16(12)22)25-17(26-27)23-9-11-13(19)5-3-6-14(11)20/h3-8H,2,9-10H2,1H3,(H2,23,24,25,26). The van der Waals surface area contributed by atoms with Gasteiger partial charge in [-0.25, -0.2) is 8.42 Å². The Morgan fingerprint density at radius 3 is 1.80 bits per heavy atom. The molecule has 1 heterocycles. The minimum absolute atomic E-state index is 0.0283. The van der Waals surface area contributed by atoms with E-state index in [0.717, 1.165) is 4.09 Å². The number of nitrogens with zero attached hydrogens (tertiary/aromatic N) is 3. The lowest BCUT2D eigenvalue weighted by Gasteiger charge is -2.10. The minimum atomic E-state index is -3.71. The van der Waals surface area contributed by atoms with Gasteiger partial charge in [-0.2, -0.15) is 4.98 Å². The second-order valence-electron chi connectivity index (χ2n) is 6.11. The Labute approximate surface area is 194 Å². The zero-order valence-corrected chi connectivity index (χ0v) is 19.5. The second-order valence-corrected chi connectivity index (χ2v) is 9.83. The first kappa shape index (κ1) is 23.0. The van der Waals surface area contributed by atoms with E-state index in [1.165, 1.54) is 6.92 Å². The van der Waals surface area contributed by atoms with Crippen molar-refractivity contribution in [2.45, 2.75) is 20.0 Å². The van der Waals surface area contributed by atoms with Gasteiger partial charge in [0.2, 0.25) is 11.9 Å². The van der Waals surface area contributed by atoms with Crippen molar-refractivity contribution in [3.05, 3.63) is 67.6 Å². The minimum Gasteiger partial charge on any atom is -0.349 e. The zero-order chi connectivity index (χ0) is 21.9. The van der Waals surface area contributed by atoms with Crippen molar-refractivity contribution in [3.8, 4) is 0 Å². The smallest absolute Gasteiger partial charge is 0.256 e. The molecule has 0 spiro atoms. The van der Waals surface area contributed by atoms with Gasteiger partial charge in [0.25, 0.3) is 10.0 Å². The Hall–Kier alpha value is -1.71. The second kappa shape index (κ2) is 9.62. The molecule has 7 nitrogen and oxygen atoms in total. The number of benzene rings is 2. The van der Waals surface area contributed by atoms with Crippen LogP contribution >= 0.6 is 46.4 Å². The molecule has 0 fully saturated rings. The van der Waals surface area contributed by atoms with Gasteiger partial charge in [0.1, 0.15) is 0 Å². The molecule has 0 bridgehead atoms. The van der Waals surface area contributed by atoms with Crippen molar-refractivity contribution in [2.75, 3.05) is 16.4 Å². The molecule has 2 N–H and O–H groups in total. The first-order valence-electron chi connectivity index (χ1n) is 8.76. The van der Waals surface area contributed by atoms with Gasteiger partial charge in [0.15, 0.2) is 0 Å². The normalized spacial score (nSPS) is 11.5. The largest absolute Gasteiger partial charge is 0.349 e. The van der Waals surface area contributed by atoms with E-state index in [-0.39, 0.29) is 30.7 Å². The summed E-state index contributed by atoms with van der Waals surface area (Å²) in [7, 11) is -3.71. The van der Waals surface area contributed by atoms with Crippen LogP contribution in [0.5, 0.6) is 0 Å². The number of nitrogens with one attached hydrogen (secondary N) is 2. The maximum Gasteiger partial charge on any atom is 0.256 e. The summed E-state index contributed by atoms with van der Waals surface area (Å²) in [5.74, 6) is -0.0374. The zero-order valence-electron chi connectivity index (χ0n) is 15.7. The molecule has 0 saturated heterocycles. The summed E-state index contributed by atoms with van der Waals surface area (Å²) in [5, 5.41) is 11.8. The van der Waals surface area contributed by atoms with Gasteiger partial charge in [-0.05, 0) is 31.2 Å². The van der Waals surface area contributed by atoms with E-state index in [4.69, 9.17) is 46.4 Å². The highest BCUT2D eigenvalue weighted by Gasteiger charge is 2.21. The van der Waals surface area contributed by atoms with Gasteiger partial charge in [0, 0.05) is 44.3 Å². The van der Waals surface area contributed by atoms with Crippen molar-refractivity contribution in [1.82, 2.24) is 14.2 Å². The molecule has 0 aliphatic heterocycles. The molecule has 1 aromatic heterocycles. The summed E-state index contributed by atoms with van der Waals surface area (Å²) < 4.78 is 25.8. The van der Waals surface area contributed by atoms with Crippen LogP contribution in [0.1, 0.15) is 18.1 Å². The first-order chi connectivity index (χ1) is 14.2. The maximum absolute atomic E-state index is 12.5. The van der Waals surface area contributed by atoms with Crippen LogP contribution in [0.25, 0.3) is 0 Å². The molecule has 12 heteroatoms. The molecule has 160 valence electrons. The number of anilines is 2. The molecule has 0 aliphatic carbocycles. The summed E-state index contributed by atoms with van der Waals surface area (Å²) in [6, 6.07) is 10.3. The van der Waals surface area contributed by atoms with Crippen molar-refractivity contribution in [2.24, 2.45) is 0 Å². The lowest BCUT2D eigenvalue weighted by Crippen LogP contribution is -2.19. The predicted octanol–water partition coefficient (Wildman–Crippen LogP) is 5.31. The Morgan fingerprint density at radius 2 is 1.33 bits per heavy atom. The van der Waals surface area contributed by atoms with Crippen LogP contribution < -0.4 is 10.6 Å². The third kappa shape index (κ3) is 5.12. The number of rotatable bonds is 8. The first-order valence-corrected chi connectivity index (χ1v) is 11.9. The van der Waals surface area contributed by atoms with Crippen LogP contribution in [0.2, 0.25) is 20.1 Å². The summed E-state index contributed by atoms with van der Waals surface area (Å²) >= 11 is 24.7. The van der Waals surface area contributed by atoms with Gasteiger partial charge in [0.05, 0.1) is 5.75 Å². The van der Waals surface area contributed by atoms with Crippen molar-refractivity contribution >= 4 is 68.3 Å². The lowest BCUT2D eigenvalue weighted by atomic mass is 10.2. The number of halogens is 4. The van der Waals surface area contributed by atoms with E-state index >= 15 is 0 Å². The van der Waals surface area contributed by atoms with Gasteiger partial charge in [-0.1, -0.05) is 58.5 Å². The third-order valence-electron chi connectivity index (χ3n) is 4.18. The fraction of sp³-hybridized carbons (Fsp3) is 0.222. The average molecular weight is 509 g/mol. The van der Waals surface area contributed by atoms with Crippen molar-refractivity contribution in [3.63, 3.8) is 0 Å². The summed E-state index contributed by atoms with van der Waals surface area (Å²) in [6.45, 7) is 1.89. The molecular weight excluding hydrogens is 492 g/mol. The molecule has 3 aromatic rings. The fourth-order valence-electron chi connectivity index (χ4n) is 2.53. The number of aromatic nitrogens is 3. The van der Waals surface area contributed by atoms with Crippen molar-refractivity contribution in [1.29, 1.82) is 0 Å². The monoisotopic (exact) mass is 507 g/mol. The lowest BCUT2D eigenvalue weighted by molar-refractivity contribution is 0.582. The van der Waals surface area contributed by atoms with Gasteiger partial charge in [-0.3, -0.25) is 0 Å². The van der Waals surface area contributed by atoms with E-state index in [1.54, 1.807) is 36.4 Å². The third-order valence-corrected chi connectivity index (χ3v) is 7.10. The quantitative estimate of drug-likeness (QED) is 0.428. The van der Waals surface area contributed by atoms with Crippen molar-refractivity contribution < 1.29 is 8.42 Å². The highest BCUT2D eigenvalue weighted by Crippen LogP contribution is 2.27. The van der Waals surface area contributed by atoms with E-state index < -0.39 is 10.0 Å². The predicted molar refractivity (Wildman–Crippen MR) is 122 cm³/mol. The van der Waals surface area contributed by atoms with Gasteiger partial charge in [-0.15, -0.1) is 9.19 Å². The van der Waals surface area contributed by atoms with Crippen LogP contribution in [0.4, 0.5) is 11.9 Å². The van der Waals surface area contributed by atoms with E-state index in [0.29, 0.717) is 31.2 Å². The van der Waals surface area contributed by atoms with Crippen LogP contribution in [0.3, 0.4) is 0 Å². The van der Waals surface area contributed by atoms with E-state index in [2.05, 4.69) is 20.7 Å². The summed E-state index contributed by atoms with van der Waals surface area (Å²) in [5.41, 5.74) is 1.26. The molecule has 0 amide bonds. The van der Waals surface area contributed by atoms with Gasteiger partial charge >= 0.3 is 0 Å². The molecule has 0 radical (unpaired) electrons. The van der Waals surface area contributed by atoms with E-state index in [9.17, 15) is 8.42 Å². The highest BCUT2D eigenvalue weighted by atomic mass is 35.5. The molecule has 2 aromatic carbocycles. The highest BCUT2D eigenvalue weighted by molar-refractivity contribution is 7.89. The Kier molecular flexibility index (Phi) is 7.36. The summed E-state index contributed by atoms with van der Waals surface area (Å²) in [4.78, 5) is 4.25. The maximum atomic E-state index is 12.5. The number of hydrogen-bond acceptors (Lipinski definition) is 6. The molecule has 0 atom stereocenters. The molecule has 0 unspecified atom stereocenters. The molecule has 0 aliphatic rings. The summed E-state index contributed by atoms with van der Waals surface area (Å²) in [6.07, 6.45) is 0. The Balaban J connectivity index is 1.86. The van der Waals surface area contributed by atoms with Crippen LogP contribution in [-0.4, -0.2) is 28.3 Å². The SMILES string of the molecule is CCS(=O)(=O)n1nc(NCc2c(Cl)cccc2Cl)nc1NCc1c(Cl)cccc1Cl. The van der Waals surface area contributed by atoms with Gasteiger partial charge < -0.3 is 10.6 Å². The average Bonchev–Trinajstić information content (AvgIpc) is 3.11. The number of hydrogen-bond donors (Lipinski definition) is 2. The Morgan fingerprint density at radius 1 is 0.867 bits per heavy atom. The molecule has 3 rings (SSSR count). The molecular formula is C18H17Cl4N5O2S. The van der Waals surface area contributed by atoms with Crippen LogP contribution in [0, 0.1) is 0 Å². The topological polar surface area (TPSA) is 88.9 Å². The molecule has 30 heavy (non-hydrogen) atoms. The fourth-order valence-corrected chi connectivity index (χ4v) is 4.41. The van der Waals surface area contributed by atoms with Crippen LogP contribution in [-0.2, 0) is 23.1 Å². The Bertz CT molecular complexity index is 1130.